The van der Waals surface area contributed by atoms with Crippen LogP contribution in [0, 0.1) is 6.92 Å². The van der Waals surface area contributed by atoms with Gasteiger partial charge in [0.05, 0.1) is 17.9 Å². The Morgan fingerprint density at radius 2 is 1.79 bits per heavy atom. The number of benzene rings is 2. The van der Waals surface area contributed by atoms with Gasteiger partial charge < -0.3 is 14.5 Å². The number of alkyl carbamates (subject to hydrolysis) is 1. The first kappa shape index (κ1) is 34.8. The molecule has 10 nitrogen and oxygen atoms in total. The lowest BCUT2D eigenvalue weighted by molar-refractivity contribution is 0.0523. The van der Waals surface area contributed by atoms with Gasteiger partial charge >= 0.3 is 6.09 Å². The minimum Gasteiger partial charge on any atom is -0.444 e. The third-order valence-electron chi connectivity index (χ3n) is 9.00. The molecule has 0 aliphatic carbocycles. The first-order valence-corrected chi connectivity index (χ1v) is 19.4. The van der Waals surface area contributed by atoms with Crippen molar-refractivity contribution in [1.29, 1.82) is 0 Å². The maximum Gasteiger partial charge on any atom is 0.407 e. The third kappa shape index (κ3) is 7.80. The molecule has 1 aliphatic heterocycles. The second-order valence-electron chi connectivity index (χ2n) is 14.8. The fourth-order valence-corrected chi connectivity index (χ4v) is 6.71. The molecule has 0 saturated heterocycles. The highest BCUT2D eigenvalue weighted by molar-refractivity contribution is 6.74. The van der Waals surface area contributed by atoms with Crippen LogP contribution < -0.4 is 10.9 Å². The van der Waals surface area contributed by atoms with Gasteiger partial charge in [0.25, 0.3) is 5.56 Å². The van der Waals surface area contributed by atoms with Gasteiger partial charge in [-0.25, -0.2) is 14.5 Å². The van der Waals surface area contributed by atoms with Gasteiger partial charge in [-0.3, -0.25) is 14.3 Å². The van der Waals surface area contributed by atoms with Crippen molar-refractivity contribution in [3.05, 3.63) is 80.5 Å². The SMILES string of the molecule is Cc1nc2c(CNC(=O)OC(C)(C)C)nn(-c3cccc(Cl)c3)c2c(=O)n1-c1ccc2c(c1)CN(CCO[Si](C)(C)C(C)(C)C)CC2. The number of amides is 1. The summed E-state index contributed by atoms with van der Waals surface area (Å²) >= 11 is 6.34. The van der Waals surface area contributed by atoms with Crippen LogP contribution in [0.2, 0.25) is 23.2 Å². The topological polar surface area (TPSA) is 104 Å². The number of hydrogen-bond donors (Lipinski definition) is 1. The molecule has 5 rings (SSSR count). The molecule has 3 heterocycles. The maximum absolute atomic E-state index is 14.4. The highest BCUT2D eigenvalue weighted by Crippen LogP contribution is 2.36. The van der Waals surface area contributed by atoms with Gasteiger partial charge in [0.1, 0.15) is 22.6 Å². The van der Waals surface area contributed by atoms with Crippen LogP contribution in [0.25, 0.3) is 22.4 Å². The van der Waals surface area contributed by atoms with E-state index in [2.05, 4.69) is 56.2 Å². The van der Waals surface area contributed by atoms with Crippen LogP contribution in [-0.2, 0) is 28.7 Å². The Morgan fingerprint density at radius 1 is 1.04 bits per heavy atom. The quantitative estimate of drug-likeness (QED) is 0.202. The fraction of sp³-hybridized carbons (Fsp3) is 0.486. The number of hydrogen-bond acceptors (Lipinski definition) is 7. The number of fused-ring (bicyclic) bond motifs is 2. The van der Waals surface area contributed by atoms with Crippen molar-refractivity contribution in [1.82, 2.24) is 29.5 Å². The molecule has 0 fully saturated rings. The molecule has 12 heteroatoms. The van der Waals surface area contributed by atoms with Crippen LogP contribution in [-0.4, -0.2) is 63.9 Å². The Balaban J connectivity index is 1.48. The van der Waals surface area contributed by atoms with Crippen molar-refractivity contribution in [2.45, 2.75) is 91.7 Å². The highest BCUT2D eigenvalue weighted by Gasteiger charge is 2.37. The van der Waals surface area contributed by atoms with Crippen molar-refractivity contribution in [3.63, 3.8) is 0 Å². The van der Waals surface area contributed by atoms with E-state index in [4.69, 9.17) is 30.8 Å². The Kier molecular flexibility index (Phi) is 9.76. The molecule has 47 heavy (non-hydrogen) atoms. The Hall–Kier alpha value is -3.51. The molecule has 4 aromatic rings. The van der Waals surface area contributed by atoms with Crippen LogP contribution in [0.4, 0.5) is 4.79 Å². The monoisotopic (exact) mass is 678 g/mol. The standard InChI is InChI=1S/C35H47ClN6O4Si/c1-23-38-30-29(21-37-33(44)46-34(2,3)4)39-42(28-12-10-11-26(36)20-28)31(30)32(43)41(23)27-14-13-24-15-16-40(22-25(24)19-27)17-18-45-47(8,9)35(5,6)7/h10-14,19-20H,15-18,21-22H2,1-9H3,(H,37,44). The lowest BCUT2D eigenvalue weighted by atomic mass is 9.99. The van der Waals surface area contributed by atoms with Gasteiger partial charge in [-0.1, -0.05) is 44.5 Å². The molecule has 0 radical (unpaired) electrons. The summed E-state index contributed by atoms with van der Waals surface area (Å²) in [5, 5.41) is 8.18. The van der Waals surface area contributed by atoms with Crippen molar-refractivity contribution < 1.29 is 14.0 Å². The van der Waals surface area contributed by atoms with Gasteiger partial charge in [0, 0.05) is 31.3 Å². The number of nitrogens with one attached hydrogen (secondary N) is 1. The number of aryl methyl sites for hydroxylation is 1. The zero-order chi connectivity index (χ0) is 34.3. The van der Waals surface area contributed by atoms with Crippen LogP contribution >= 0.6 is 11.6 Å². The Labute approximate surface area is 283 Å². The molecule has 252 valence electrons. The largest absolute Gasteiger partial charge is 0.444 e. The summed E-state index contributed by atoms with van der Waals surface area (Å²) < 4.78 is 15.1. The molecule has 2 aromatic carbocycles. The van der Waals surface area contributed by atoms with Gasteiger partial charge in [-0.05, 0) is 93.7 Å². The van der Waals surface area contributed by atoms with E-state index in [0.29, 0.717) is 39.9 Å². The van der Waals surface area contributed by atoms with Gasteiger partial charge in [0.2, 0.25) is 0 Å². The number of ether oxygens (including phenoxy) is 1. The summed E-state index contributed by atoms with van der Waals surface area (Å²) in [5.41, 5.74) is 4.06. The second-order valence-corrected chi connectivity index (χ2v) is 20.0. The molecule has 0 spiro atoms. The summed E-state index contributed by atoms with van der Waals surface area (Å²) in [4.78, 5) is 34.2. The van der Waals surface area contributed by atoms with Crippen molar-refractivity contribution in [3.8, 4) is 11.4 Å². The molecule has 1 amide bonds. The normalized spacial score (nSPS) is 14.3. The predicted molar refractivity (Wildman–Crippen MR) is 189 cm³/mol. The van der Waals surface area contributed by atoms with Crippen LogP contribution in [0.15, 0.2) is 47.3 Å². The van der Waals surface area contributed by atoms with Crippen molar-refractivity contribution in [2.24, 2.45) is 0 Å². The van der Waals surface area contributed by atoms with E-state index in [1.807, 2.05) is 19.1 Å². The second kappa shape index (κ2) is 13.2. The number of halogens is 1. The number of carbonyl (C=O) groups is 1. The number of aromatic nitrogens is 4. The first-order valence-electron chi connectivity index (χ1n) is 16.2. The molecular weight excluding hydrogens is 632 g/mol. The number of carbonyl (C=O) groups excluding carboxylic acids is 1. The van der Waals surface area contributed by atoms with Crippen LogP contribution in [0.3, 0.4) is 0 Å². The lowest BCUT2D eigenvalue weighted by Gasteiger charge is -2.37. The molecule has 0 saturated carbocycles. The molecule has 0 atom stereocenters. The van der Waals surface area contributed by atoms with Gasteiger partial charge in [-0.15, -0.1) is 0 Å². The predicted octanol–water partition coefficient (Wildman–Crippen LogP) is 6.94. The van der Waals surface area contributed by atoms with Crippen molar-refractivity contribution >= 4 is 37.0 Å². The van der Waals surface area contributed by atoms with E-state index in [-0.39, 0.29) is 17.1 Å². The molecular formula is C35H47ClN6O4Si. The average molecular weight is 679 g/mol. The summed E-state index contributed by atoms with van der Waals surface area (Å²) in [7, 11) is -1.81. The van der Waals surface area contributed by atoms with Gasteiger partial charge in [0.15, 0.2) is 13.8 Å². The molecule has 1 N–H and O–H groups in total. The zero-order valence-electron chi connectivity index (χ0n) is 29.0. The first-order chi connectivity index (χ1) is 21.9. The minimum absolute atomic E-state index is 0.0304. The summed E-state index contributed by atoms with van der Waals surface area (Å²) in [6.45, 7) is 21.9. The summed E-state index contributed by atoms with van der Waals surface area (Å²) in [6.07, 6.45) is 0.360. The van der Waals surface area contributed by atoms with Crippen LogP contribution in [0.1, 0.15) is 64.2 Å². The van der Waals surface area contributed by atoms with Gasteiger partial charge in [-0.2, -0.15) is 5.10 Å². The average Bonchev–Trinajstić information content (AvgIpc) is 3.33. The minimum atomic E-state index is -1.81. The van der Waals surface area contributed by atoms with E-state index in [1.165, 1.54) is 11.1 Å². The summed E-state index contributed by atoms with van der Waals surface area (Å²) in [5.74, 6) is 0.516. The molecule has 0 unspecified atom stereocenters. The molecule has 1 aliphatic rings. The summed E-state index contributed by atoms with van der Waals surface area (Å²) in [6, 6.07) is 13.3. The molecule has 2 aromatic heterocycles. The van der Waals surface area contributed by atoms with E-state index < -0.39 is 20.0 Å². The number of nitrogens with zero attached hydrogens (tertiary/aromatic N) is 5. The van der Waals surface area contributed by atoms with E-state index >= 15 is 0 Å². The fourth-order valence-electron chi connectivity index (χ4n) is 5.50. The van der Waals surface area contributed by atoms with E-state index in [9.17, 15) is 9.59 Å². The zero-order valence-corrected chi connectivity index (χ0v) is 30.8. The third-order valence-corrected chi connectivity index (χ3v) is 13.8. The Bertz CT molecular complexity index is 1850. The van der Waals surface area contributed by atoms with E-state index in [1.54, 1.807) is 48.2 Å². The highest BCUT2D eigenvalue weighted by atomic mass is 35.5. The Morgan fingerprint density at radius 3 is 2.47 bits per heavy atom. The maximum atomic E-state index is 14.4. The molecule has 0 bridgehead atoms. The number of rotatable bonds is 8. The van der Waals surface area contributed by atoms with Crippen LogP contribution in [0.5, 0.6) is 0 Å². The lowest BCUT2D eigenvalue weighted by Crippen LogP contribution is -2.43. The van der Waals surface area contributed by atoms with E-state index in [0.717, 1.165) is 31.7 Å². The van der Waals surface area contributed by atoms with Crippen molar-refractivity contribution in [2.75, 3.05) is 19.7 Å². The smallest absolute Gasteiger partial charge is 0.407 e.